The number of piperazine rings is 1. The normalized spacial score (nSPS) is 21.9. The molecule has 0 aliphatic carbocycles. The van der Waals surface area contributed by atoms with Crippen LogP contribution in [0.25, 0.3) is 17.0 Å². The molecule has 1 aromatic carbocycles. The lowest BCUT2D eigenvalue weighted by molar-refractivity contribution is -0.137. The van der Waals surface area contributed by atoms with Crippen molar-refractivity contribution >= 4 is 56.4 Å². The molecule has 42 heavy (non-hydrogen) atoms. The van der Waals surface area contributed by atoms with Crippen LogP contribution in [0.2, 0.25) is 0 Å². The molecule has 0 radical (unpaired) electrons. The van der Waals surface area contributed by atoms with Gasteiger partial charge in [0.25, 0.3) is 0 Å². The highest BCUT2D eigenvalue weighted by atomic mass is 79.9. The number of amides is 1. The van der Waals surface area contributed by atoms with Crippen LogP contribution in [0.5, 0.6) is 0 Å². The number of anilines is 1. The van der Waals surface area contributed by atoms with Gasteiger partial charge in [0.1, 0.15) is 11.6 Å². The Bertz CT molecular complexity index is 1540. The molecule has 226 valence electrons. The van der Waals surface area contributed by atoms with E-state index in [-0.39, 0.29) is 81.4 Å². The van der Waals surface area contributed by atoms with Crippen LogP contribution in [0.3, 0.4) is 0 Å². The highest BCUT2D eigenvalue weighted by molar-refractivity contribution is 9.11. The lowest BCUT2D eigenvalue weighted by atomic mass is 10.0. The fourth-order valence-corrected chi connectivity index (χ4v) is 7.02. The molecule has 0 spiro atoms. The van der Waals surface area contributed by atoms with Gasteiger partial charge in [-0.05, 0) is 48.0 Å². The van der Waals surface area contributed by atoms with Crippen LogP contribution in [0.1, 0.15) is 31.0 Å². The minimum Gasteiger partial charge on any atom is -0.383 e. The van der Waals surface area contributed by atoms with Gasteiger partial charge >= 0.3 is 11.9 Å². The fraction of sp³-hybridized carbons (Fsp3) is 0.393. The zero-order valence-corrected chi connectivity index (χ0v) is 25.3. The number of rotatable bonds is 7. The third-order valence-corrected chi connectivity index (χ3v) is 9.01. The zero-order valence-electron chi connectivity index (χ0n) is 22.9. The number of hydrogen-bond donors (Lipinski definition) is 0. The average molecular weight is 676 g/mol. The molecule has 14 heteroatoms. The molecular weight excluding hydrogens is 647 g/mol. The number of nitrogens with zero attached hydrogens (tertiary/aromatic N) is 4. The zero-order chi connectivity index (χ0) is 30.9. The van der Waals surface area contributed by atoms with Crippen molar-refractivity contribution in [3.05, 3.63) is 69.1 Å². The molecule has 1 amide bonds. The molecular formula is C28H28BrF5N4O3S. The van der Waals surface area contributed by atoms with Crippen molar-refractivity contribution in [1.29, 1.82) is 0 Å². The lowest BCUT2D eigenvalue weighted by Crippen LogP contribution is -2.58. The quantitative estimate of drug-likeness (QED) is 0.193. The predicted octanol–water partition coefficient (Wildman–Crippen LogP) is 6.39. The Morgan fingerprint density at radius 3 is 2.50 bits per heavy atom. The summed E-state index contributed by atoms with van der Waals surface area (Å²) in [5, 5.41) is 0.117. The molecule has 3 unspecified atom stereocenters. The first-order valence-corrected chi connectivity index (χ1v) is 14.6. The van der Waals surface area contributed by atoms with Gasteiger partial charge in [0.2, 0.25) is 5.91 Å². The van der Waals surface area contributed by atoms with Crippen LogP contribution >= 0.6 is 27.7 Å². The topological polar surface area (TPSA) is 67.7 Å². The molecule has 1 saturated heterocycles. The maximum absolute atomic E-state index is 14.6. The monoisotopic (exact) mass is 674 g/mol. The number of ether oxygens (including phenoxy) is 1. The van der Waals surface area contributed by atoms with Crippen molar-refractivity contribution in [2.45, 2.75) is 43.0 Å². The highest BCUT2D eigenvalue weighted by Crippen LogP contribution is 2.47. The number of halogens is 6. The Hall–Kier alpha value is -2.97. The minimum atomic E-state index is -4.82. The second kappa shape index (κ2) is 12.7. The van der Waals surface area contributed by atoms with E-state index >= 15 is 0 Å². The van der Waals surface area contributed by atoms with E-state index in [4.69, 9.17) is 4.74 Å². The Balaban J connectivity index is 2.02. The maximum atomic E-state index is 14.6. The number of aromatic nitrogens is 2. The first kappa shape index (κ1) is 32.0. The molecule has 3 heterocycles. The number of carbonyl (C=O) groups excluding carboxylic acids is 1. The third-order valence-electron chi connectivity index (χ3n) is 7.11. The molecule has 2 aliphatic rings. The number of carbonyl (C=O) groups is 1. The van der Waals surface area contributed by atoms with E-state index in [0.717, 1.165) is 30.0 Å². The van der Waals surface area contributed by atoms with Gasteiger partial charge in [0, 0.05) is 60.0 Å². The van der Waals surface area contributed by atoms with Crippen molar-refractivity contribution in [3.63, 3.8) is 0 Å². The first-order valence-electron chi connectivity index (χ1n) is 12.9. The van der Waals surface area contributed by atoms with Crippen LogP contribution in [0, 0.1) is 0 Å². The standard InChI is InChI=1S/C28H28BrF5N4O3S/c1-5-23(39)37-15(2)11-36(12-16(37)3)26-19-10-20(28(32,33)34)18(6-7-21(29)22(31)8-9-30)25-24(19)38(27(40)35-26)17(13-41-4)14-42-25/h5-10,15-17H,1,11-14H2,2-4H3/b7-6+,9-8+,22-21-. The molecule has 7 nitrogen and oxygen atoms in total. The summed E-state index contributed by atoms with van der Waals surface area (Å²) >= 11 is 4.06. The van der Waals surface area contributed by atoms with E-state index in [1.807, 2.05) is 0 Å². The molecule has 0 bridgehead atoms. The van der Waals surface area contributed by atoms with Crippen LogP contribution in [0.4, 0.5) is 27.8 Å². The number of alkyl halides is 3. The van der Waals surface area contributed by atoms with Gasteiger partial charge in [-0.1, -0.05) is 12.7 Å². The van der Waals surface area contributed by atoms with Gasteiger partial charge in [-0.2, -0.15) is 18.2 Å². The van der Waals surface area contributed by atoms with Gasteiger partial charge in [-0.25, -0.2) is 13.6 Å². The van der Waals surface area contributed by atoms with Crippen LogP contribution in [-0.4, -0.2) is 65.0 Å². The van der Waals surface area contributed by atoms with E-state index < -0.39 is 29.3 Å². The second-order valence-electron chi connectivity index (χ2n) is 9.94. The third kappa shape index (κ3) is 6.06. The summed E-state index contributed by atoms with van der Waals surface area (Å²) in [5.74, 6) is -0.985. The minimum absolute atomic E-state index is 0.0286. The number of hydrogen-bond acceptors (Lipinski definition) is 6. The van der Waals surface area contributed by atoms with Gasteiger partial charge < -0.3 is 14.5 Å². The van der Waals surface area contributed by atoms with Crippen molar-refractivity contribution in [2.24, 2.45) is 0 Å². The Kier molecular flexibility index (Phi) is 9.68. The molecule has 1 aromatic heterocycles. The molecule has 2 aliphatic heterocycles. The Morgan fingerprint density at radius 2 is 1.93 bits per heavy atom. The Labute approximate surface area is 251 Å². The summed E-state index contributed by atoms with van der Waals surface area (Å²) in [4.78, 5) is 33.8. The largest absolute Gasteiger partial charge is 0.417 e. The smallest absolute Gasteiger partial charge is 0.383 e. The van der Waals surface area contributed by atoms with E-state index in [1.165, 1.54) is 17.8 Å². The molecule has 0 saturated carbocycles. The summed E-state index contributed by atoms with van der Waals surface area (Å²) < 4.78 is 76.7. The van der Waals surface area contributed by atoms with Gasteiger partial charge in [-0.3, -0.25) is 9.36 Å². The average Bonchev–Trinajstić information content (AvgIpc) is 2.93. The van der Waals surface area contributed by atoms with Gasteiger partial charge in [0.05, 0.1) is 34.5 Å². The van der Waals surface area contributed by atoms with Crippen LogP contribution in [-0.2, 0) is 15.7 Å². The van der Waals surface area contributed by atoms with E-state index in [9.17, 15) is 31.5 Å². The van der Waals surface area contributed by atoms with E-state index in [2.05, 4.69) is 27.5 Å². The summed E-state index contributed by atoms with van der Waals surface area (Å²) in [6.45, 7) is 7.73. The second-order valence-corrected chi connectivity index (χ2v) is 11.8. The fourth-order valence-electron chi connectivity index (χ4n) is 5.47. The molecule has 3 atom stereocenters. The van der Waals surface area contributed by atoms with Gasteiger partial charge in [0.15, 0.2) is 0 Å². The summed E-state index contributed by atoms with van der Waals surface area (Å²) in [7, 11) is 1.46. The summed E-state index contributed by atoms with van der Waals surface area (Å²) in [6.07, 6.45) is -0.965. The summed E-state index contributed by atoms with van der Waals surface area (Å²) in [6, 6.07) is -0.235. The molecule has 1 fully saturated rings. The SMILES string of the molecule is C=CC(=O)N1C(C)CN(c2nc(=O)n3c4c(c(/C=C/C(Br)=C(F)\C=C\F)c(C(F)(F)F)cc24)SCC3COC)CC1C. The molecule has 4 rings (SSSR count). The van der Waals surface area contributed by atoms with Crippen LogP contribution < -0.4 is 10.6 Å². The molecule has 0 N–H and O–H groups in total. The van der Waals surface area contributed by atoms with Crippen molar-refractivity contribution < 1.29 is 31.5 Å². The lowest BCUT2D eigenvalue weighted by Gasteiger charge is -2.45. The number of allylic oxidation sites excluding steroid dienone is 4. The maximum Gasteiger partial charge on any atom is 0.417 e. The van der Waals surface area contributed by atoms with Crippen LogP contribution in [0.15, 0.2) is 57.2 Å². The number of benzene rings is 1. The van der Waals surface area contributed by atoms with E-state index in [1.54, 1.807) is 23.6 Å². The molecule has 2 aromatic rings. The van der Waals surface area contributed by atoms with Gasteiger partial charge in [-0.15, -0.1) is 11.8 Å². The Morgan fingerprint density at radius 1 is 1.26 bits per heavy atom. The van der Waals surface area contributed by atoms with Crippen molar-refractivity contribution in [2.75, 3.05) is 37.5 Å². The number of methoxy groups -OCH3 is 1. The first-order chi connectivity index (χ1) is 19.8. The summed E-state index contributed by atoms with van der Waals surface area (Å²) in [5.41, 5.74) is -1.67. The van der Waals surface area contributed by atoms with Crippen molar-refractivity contribution in [1.82, 2.24) is 14.5 Å². The van der Waals surface area contributed by atoms with Crippen molar-refractivity contribution in [3.8, 4) is 0 Å². The highest BCUT2D eigenvalue weighted by Gasteiger charge is 2.39. The predicted molar refractivity (Wildman–Crippen MR) is 157 cm³/mol. The van der Waals surface area contributed by atoms with E-state index in [0.29, 0.717) is 6.08 Å². The number of thioether (sulfide) groups is 1.